The smallest absolute Gasteiger partial charge is 0.231 e. The Morgan fingerprint density at radius 1 is 0.848 bits per heavy atom. The lowest BCUT2D eigenvalue weighted by Gasteiger charge is -2.17. The van der Waals surface area contributed by atoms with Crippen molar-refractivity contribution in [1.29, 1.82) is 0 Å². The molecule has 2 N–H and O–H groups in total. The van der Waals surface area contributed by atoms with Crippen molar-refractivity contribution < 1.29 is 19.3 Å². The Labute approximate surface area is 195 Å². The summed E-state index contributed by atoms with van der Waals surface area (Å²) < 4.78 is 17.0. The average Bonchev–Trinajstić information content (AvgIpc) is 3.32. The Hall–Kier alpha value is -3.44. The van der Waals surface area contributed by atoms with Gasteiger partial charge in [-0.3, -0.25) is 0 Å². The van der Waals surface area contributed by atoms with Crippen LogP contribution in [0.1, 0.15) is 43.4 Å². The van der Waals surface area contributed by atoms with Crippen molar-refractivity contribution in [3.63, 3.8) is 0 Å². The summed E-state index contributed by atoms with van der Waals surface area (Å²) in [4.78, 5) is 0. The number of nitrogens with one attached hydrogen (secondary N) is 1. The van der Waals surface area contributed by atoms with Gasteiger partial charge in [-0.25, -0.2) is 0 Å². The fraction of sp³-hybridized carbons (Fsp3) is 0.286. The van der Waals surface area contributed by atoms with E-state index in [9.17, 15) is 5.11 Å². The van der Waals surface area contributed by atoms with Gasteiger partial charge in [0.25, 0.3) is 0 Å². The van der Waals surface area contributed by atoms with Crippen LogP contribution in [0.4, 0.5) is 0 Å². The molecular weight excluding hydrogens is 414 g/mol. The van der Waals surface area contributed by atoms with Gasteiger partial charge in [-0.15, -0.1) is 0 Å². The van der Waals surface area contributed by atoms with Crippen molar-refractivity contribution in [2.45, 2.75) is 26.7 Å². The fourth-order valence-corrected chi connectivity index (χ4v) is 4.01. The van der Waals surface area contributed by atoms with Crippen molar-refractivity contribution in [3.05, 3.63) is 83.4 Å². The maximum absolute atomic E-state index is 9.83. The molecule has 0 radical (unpaired) electrons. The van der Waals surface area contributed by atoms with E-state index in [0.29, 0.717) is 6.61 Å². The molecule has 0 saturated heterocycles. The van der Waals surface area contributed by atoms with Gasteiger partial charge in [-0.05, 0) is 83.6 Å². The van der Waals surface area contributed by atoms with E-state index in [1.165, 1.54) is 5.57 Å². The molecule has 1 aliphatic heterocycles. The molecule has 33 heavy (non-hydrogen) atoms. The highest BCUT2D eigenvalue weighted by molar-refractivity contribution is 5.99. The van der Waals surface area contributed by atoms with Gasteiger partial charge in [-0.2, -0.15) is 0 Å². The number of allylic oxidation sites excluding steroid dienone is 1. The zero-order valence-electron chi connectivity index (χ0n) is 19.3. The molecule has 3 aromatic carbocycles. The molecule has 1 aliphatic rings. The molecule has 0 aliphatic carbocycles. The van der Waals surface area contributed by atoms with E-state index >= 15 is 0 Å². The number of hydrogen-bond acceptors (Lipinski definition) is 5. The van der Waals surface area contributed by atoms with Crippen molar-refractivity contribution in [2.24, 2.45) is 0 Å². The second-order valence-electron chi connectivity index (χ2n) is 7.94. The Morgan fingerprint density at radius 3 is 2.21 bits per heavy atom. The minimum Gasteiger partial charge on any atom is -0.508 e. The van der Waals surface area contributed by atoms with E-state index in [0.717, 1.165) is 65.4 Å². The molecular formula is C28H31NO4. The van der Waals surface area contributed by atoms with Crippen LogP contribution in [0.2, 0.25) is 0 Å². The van der Waals surface area contributed by atoms with E-state index in [1.807, 2.05) is 36.4 Å². The van der Waals surface area contributed by atoms with Crippen molar-refractivity contribution >= 4 is 11.1 Å². The van der Waals surface area contributed by atoms with E-state index < -0.39 is 0 Å². The molecule has 0 atom stereocenters. The third-order valence-corrected chi connectivity index (χ3v) is 5.65. The van der Waals surface area contributed by atoms with Gasteiger partial charge in [0.05, 0.1) is 0 Å². The van der Waals surface area contributed by atoms with Gasteiger partial charge in [0, 0.05) is 6.54 Å². The molecule has 5 nitrogen and oxygen atoms in total. The fourth-order valence-electron chi connectivity index (χ4n) is 4.01. The van der Waals surface area contributed by atoms with Gasteiger partial charge in [0.2, 0.25) is 6.79 Å². The summed E-state index contributed by atoms with van der Waals surface area (Å²) >= 11 is 0. The summed E-state index contributed by atoms with van der Waals surface area (Å²) in [5.41, 5.74) is 5.53. The van der Waals surface area contributed by atoms with Crippen molar-refractivity contribution in [2.75, 3.05) is 26.5 Å². The van der Waals surface area contributed by atoms with Crippen LogP contribution in [0.5, 0.6) is 23.0 Å². The highest BCUT2D eigenvalue weighted by atomic mass is 16.7. The number of aromatic hydroxyl groups is 1. The van der Waals surface area contributed by atoms with E-state index in [4.69, 9.17) is 14.2 Å². The standard InChI is InChI=1S/C28H31NO4/c1-3-15-29-16-17-31-24-12-7-21(8-13-24)28(20-5-10-23(30)11-6-20)25(4-2)22-9-14-26-27(18-22)33-19-32-26/h5-14,18,29-30H,3-4,15-17,19H2,1-2H3. The molecule has 0 amide bonds. The molecule has 1 heterocycles. The molecule has 0 unspecified atom stereocenters. The number of ether oxygens (including phenoxy) is 3. The summed E-state index contributed by atoms with van der Waals surface area (Å²) in [6, 6.07) is 21.7. The van der Waals surface area contributed by atoms with Crippen molar-refractivity contribution in [3.8, 4) is 23.0 Å². The van der Waals surface area contributed by atoms with Gasteiger partial charge < -0.3 is 24.6 Å². The monoisotopic (exact) mass is 445 g/mol. The average molecular weight is 446 g/mol. The van der Waals surface area contributed by atoms with E-state index in [-0.39, 0.29) is 12.5 Å². The van der Waals surface area contributed by atoms with Crippen LogP contribution in [0.15, 0.2) is 66.7 Å². The second kappa shape index (κ2) is 10.9. The zero-order chi connectivity index (χ0) is 23.0. The van der Waals surface area contributed by atoms with Crippen LogP contribution in [-0.4, -0.2) is 31.6 Å². The lowest BCUT2D eigenvalue weighted by atomic mass is 9.88. The predicted octanol–water partition coefficient (Wildman–Crippen LogP) is 5.87. The Kier molecular flexibility index (Phi) is 7.53. The maximum atomic E-state index is 9.83. The van der Waals surface area contributed by atoms with Crippen LogP contribution in [-0.2, 0) is 0 Å². The number of fused-ring (bicyclic) bond motifs is 1. The second-order valence-corrected chi connectivity index (χ2v) is 7.94. The lowest BCUT2D eigenvalue weighted by Crippen LogP contribution is -2.21. The Bertz CT molecular complexity index is 1090. The first kappa shape index (κ1) is 22.7. The summed E-state index contributed by atoms with van der Waals surface area (Å²) in [7, 11) is 0. The molecule has 3 aromatic rings. The van der Waals surface area contributed by atoms with Crippen LogP contribution < -0.4 is 19.5 Å². The third kappa shape index (κ3) is 5.49. The maximum Gasteiger partial charge on any atom is 0.231 e. The third-order valence-electron chi connectivity index (χ3n) is 5.65. The van der Waals surface area contributed by atoms with E-state index in [1.54, 1.807) is 12.1 Å². The normalized spacial score (nSPS) is 13.0. The SMILES string of the molecule is CCCNCCOc1ccc(C(=C(CC)c2ccc3c(c2)OCO3)c2ccc(O)cc2)cc1. The first-order chi connectivity index (χ1) is 16.2. The van der Waals surface area contributed by atoms with Gasteiger partial charge >= 0.3 is 0 Å². The highest BCUT2D eigenvalue weighted by Crippen LogP contribution is 2.40. The summed E-state index contributed by atoms with van der Waals surface area (Å²) in [5.74, 6) is 2.64. The number of rotatable bonds is 10. The number of benzene rings is 3. The van der Waals surface area contributed by atoms with Crippen LogP contribution >= 0.6 is 0 Å². The quantitative estimate of drug-likeness (QED) is 0.302. The van der Waals surface area contributed by atoms with Crippen LogP contribution in [0.25, 0.3) is 11.1 Å². The summed E-state index contributed by atoms with van der Waals surface area (Å²) in [5, 5.41) is 13.2. The molecule has 4 rings (SSSR count). The Morgan fingerprint density at radius 2 is 1.52 bits per heavy atom. The minimum absolute atomic E-state index is 0.250. The van der Waals surface area contributed by atoms with Crippen LogP contribution in [0, 0.1) is 0 Å². The zero-order valence-corrected chi connectivity index (χ0v) is 19.3. The number of phenolic OH excluding ortho intramolecular Hbond substituents is 1. The molecule has 0 fully saturated rings. The Balaban J connectivity index is 1.68. The molecule has 0 bridgehead atoms. The van der Waals surface area contributed by atoms with Crippen LogP contribution in [0.3, 0.4) is 0 Å². The van der Waals surface area contributed by atoms with Gasteiger partial charge in [0.15, 0.2) is 11.5 Å². The topological polar surface area (TPSA) is 60.0 Å². The summed E-state index contributed by atoms with van der Waals surface area (Å²) in [6.07, 6.45) is 1.95. The predicted molar refractivity (Wildman–Crippen MR) is 132 cm³/mol. The minimum atomic E-state index is 0.250. The van der Waals surface area contributed by atoms with E-state index in [2.05, 4.69) is 37.4 Å². The molecule has 5 heteroatoms. The lowest BCUT2D eigenvalue weighted by molar-refractivity contribution is 0.174. The summed E-state index contributed by atoms with van der Waals surface area (Å²) in [6.45, 7) is 7.03. The van der Waals surface area contributed by atoms with Gasteiger partial charge in [-0.1, -0.05) is 44.2 Å². The molecule has 0 spiro atoms. The molecule has 172 valence electrons. The van der Waals surface area contributed by atoms with Gasteiger partial charge in [0.1, 0.15) is 18.1 Å². The molecule has 0 saturated carbocycles. The largest absolute Gasteiger partial charge is 0.508 e. The highest BCUT2D eigenvalue weighted by Gasteiger charge is 2.18. The first-order valence-electron chi connectivity index (χ1n) is 11.6. The number of hydrogen-bond donors (Lipinski definition) is 2. The first-order valence-corrected chi connectivity index (χ1v) is 11.6. The molecule has 0 aromatic heterocycles. The number of phenols is 1. The van der Waals surface area contributed by atoms with Crippen molar-refractivity contribution in [1.82, 2.24) is 5.32 Å².